The Morgan fingerprint density at radius 1 is 1.62 bits per heavy atom. The van der Waals surface area contributed by atoms with Crippen molar-refractivity contribution in [2.24, 2.45) is 0 Å². The van der Waals surface area contributed by atoms with E-state index in [1.54, 1.807) is 0 Å². The third-order valence-electron chi connectivity index (χ3n) is 2.81. The van der Waals surface area contributed by atoms with Gasteiger partial charge in [0.2, 0.25) is 5.91 Å². The van der Waals surface area contributed by atoms with Crippen LogP contribution in [0.15, 0.2) is 0 Å². The predicted octanol–water partition coefficient (Wildman–Crippen LogP) is 1.39. The maximum absolute atomic E-state index is 12.1. The van der Waals surface area contributed by atoms with E-state index in [2.05, 4.69) is 25.1 Å². The highest BCUT2D eigenvalue weighted by molar-refractivity contribution is 5.82. The second-order valence-corrected chi connectivity index (χ2v) is 4.65. The van der Waals surface area contributed by atoms with Crippen LogP contribution >= 0.6 is 0 Å². The second kappa shape index (κ2) is 6.55. The van der Waals surface area contributed by atoms with E-state index in [1.807, 2.05) is 4.90 Å². The number of piperidine rings is 1. The number of carbonyl (C=O) groups excluding carboxylic acids is 1. The van der Waals surface area contributed by atoms with Gasteiger partial charge >= 0.3 is 0 Å². The molecule has 16 heavy (non-hydrogen) atoms. The Bertz CT molecular complexity index is 268. The van der Waals surface area contributed by atoms with Crippen molar-refractivity contribution in [2.75, 3.05) is 13.1 Å². The number of hydrogen-bond acceptors (Lipinski definition) is 2. The van der Waals surface area contributed by atoms with E-state index in [9.17, 15) is 4.79 Å². The molecule has 3 heteroatoms. The summed E-state index contributed by atoms with van der Waals surface area (Å²) in [5, 5.41) is 3.32. The molecule has 1 unspecified atom stereocenters. The first-order valence-electron chi connectivity index (χ1n) is 6.13. The van der Waals surface area contributed by atoms with Crippen LogP contribution in [-0.4, -0.2) is 36.0 Å². The molecule has 0 aromatic heterocycles. The molecule has 0 bridgehead atoms. The number of nitrogens with zero attached hydrogens (tertiary/aromatic N) is 1. The fourth-order valence-corrected chi connectivity index (χ4v) is 2.09. The predicted molar refractivity (Wildman–Crippen MR) is 65.9 cm³/mol. The molecule has 1 heterocycles. The summed E-state index contributed by atoms with van der Waals surface area (Å²) in [5.41, 5.74) is 0. The van der Waals surface area contributed by atoms with Gasteiger partial charge in [0, 0.05) is 25.6 Å². The minimum Gasteiger partial charge on any atom is -0.341 e. The summed E-state index contributed by atoms with van der Waals surface area (Å²) < 4.78 is 0. The molecule has 0 spiro atoms. The lowest BCUT2D eigenvalue weighted by Crippen LogP contribution is -2.52. The average molecular weight is 222 g/mol. The molecule has 1 aliphatic heterocycles. The van der Waals surface area contributed by atoms with Crippen LogP contribution in [0, 0.1) is 12.3 Å². The van der Waals surface area contributed by atoms with Crippen LogP contribution in [0.1, 0.15) is 39.5 Å². The van der Waals surface area contributed by atoms with E-state index in [1.165, 1.54) is 0 Å². The summed E-state index contributed by atoms with van der Waals surface area (Å²) in [6.45, 7) is 5.84. The Morgan fingerprint density at radius 3 is 3.00 bits per heavy atom. The van der Waals surface area contributed by atoms with Crippen molar-refractivity contribution < 1.29 is 4.79 Å². The summed E-state index contributed by atoms with van der Waals surface area (Å²) in [4.78, 5) is 14.0. The Balaban J connectivity index is 2.41. The molecule has 90 valence electrons. The van der Waals surface area contributed by atoms with E-state index in [0.29, 0.717) is 6.04 Å². The van der Waals surface area contributed by atoms with Crippen molar-refractivity contribution in [1.82, 2.24) is 10.2 Å². The molecular formula is C13H22N2O. The van der Waals surface area contributed by atoms with E-state index >= 15 is 0 Å². The molecule has 1 rings (SSSR count). The summed E-state index contributed by atoms with van der Waals surface area (Å²) in [7, 11) is 0. The molecule has 1 amide bonds. The van der Waals surface area contributed by atoms with E-state index < -0.39 is 0 Å². The molecule has 1 saturated heterocycles. The average Bonchev–Trinajstić information content (AvgIpc) is 2.23. The van der Waals surface area contributed by atoms with Crippen LogP contribution in [0.2, 0.25) is 0 Å². The number of unbranched alkanes of at least 4 members (excludes halogenated alkanes) is 1. The lowest BCUT2D eigenvalue weighted by Gasteiger charge is -2.33. The van der Waals surface area contributed by atoms with Crippen LogP contribution in [-0.2, 0) is 4.79 Å². The molecule has 0 saturated carbocycles. The fraction of sp³-hybridized carbons (Fsp3) is 0.769. The molecule has 0 aromatic rings. The molecule has 3 nitrogen and oxygen atoms in total. The molecule has 1 aliphatic rings. The first-order chi connectivity index (χ1) is 7.65. The minimum absolute atomic E-state index is 0.0135. The SMILES string of the molecule is C#CCCCN1CCCC(NC(C)C)C1=O. The summed E-state index contributed by atoms with van der Waals surface area (Å²) in [6, 6.07) is 0.374. The van der Waals surface area contributed by atoms with Gasteiger partial charge in [-0.3, -0.25) is 4.79 Å². The smallest absolute Gasteiger partial charge is 0.239 e. The van der Waals surface area contributed by atoms with Gasteiger partial charge in [0.25, 0.3) is 0 Å². The number of amides is 1. The molecule has 0 aliphatic carbocycles. The normalized spacial score (nSPS) is 21.2. The van der Waals surface area contributed by atoms with E-state index in [4.69, 9.17) is 6.42 Å². The molecule has 0 radical (unpaired) electrons. The third-order valence-corrected chi connectivity index (χ3v) is 2.81. The van der Waals surface area contributed by atoms with Gasteiger partial charge in [-0.25, -0.2) is 0 Å². The lowest BCUT2D eigenvalue weighted by atomic mass is 10.0. The van der Waals surface area contributed by atoms with Gasteiger partial charge in [-0.1, -0.05) is 13.8 Å². The van der Waals surface area contributed by atoms with Gasteiger partial charge in [-0.15, -0.1) is 12.3 Å². The molecule has 1 atom stereocenters. The number of likely N-dealkylation sites (tertiary alicyclic amines) is 1. The van der Waals surface area contributed by atoms with Gasteiger partial charge < -0.3 is 10.2 Å². The van der Waals surface area contributed by atoms with E-state index in [0.717, 1.165) is 38.8 Å². The first kappa shape index (κ1) is 13.1. The monoisotopic (exact) mass is 222 g/mol. The van der Waals surface area contributed by atoms with Crippen molar-refractivity contribution in [2.45, 2.75) is 51.6 Å². The van der Waals surface area contributed by atoms with Gasteiger partial charge in [-0.05, 0) is 19.3 Å². The highest BCUT2D eigenvalue weighted by Gasteiger charge is 2.28. The molecule has 1 fully saturated rings. The molecule has 0 aromatic carbocycles. The van der Waals surface area contributed by atoms with Crippen molar-refractivity contribution in [3.05, 3.63) is 0 Å². The topological polar surface area (TPSA) is 32.3 Å². The number of hydrogen-bond donors (Lipinski definition) is 1. The zero-order chi connectivity index (χ0) is 12.0. The van der Waals surface area contributed by atoms with Crippen molar-refractivity contribution in [3.8, 4) is 12.3 Å². The Kier molecular flexibility index (Phi) is 5.34. The fourth-order valence-electron chi connectivity index (χ4n) is 2.09. The Labute approximate surface area is 98.6 Å². The largest absolute Gasteiger partial charge is 0.341 e. The first-order valence-corrected chi connectivity index (χ1v) is 6.13. The maximum Gasteiger partial charge on any atom is 0.239 e. The van der Waals surface area contributed by atoms with Crippen LogP contribution in [0.3, 0.4) is 0 Å². The lowest BCUT2D eigenvalue weighted by molar-refractivity contribution is -0.136. The number of terminal acetylenes is 1. The van der Waals surface area contributed by atoms with Crippen molar-refractivity contribution >= 4 is 5.91 Å². The number of carbonyl (C=O) groups is 1. The number of nitrogens with one attached hydrogen (secondary N) is 1. The number of rotatable bonds is 5. The van der Waals surface area contributed by atoms with Gasteiger partial charge in [0.05, 0.1) is 6.04 Å². The van der Waals surface area contributed by atoms with Crippen LogP contribution in [0.4, 0.5) is 0 Å². The van der Waals surface area contributed by atoms with Gasteiger partial charge in [-0.2, -0.15) is 0 Å². The second-order valence-electron chi connectivity index (χ2n) is 4.65. The van der Waals surface area contributed by atoms with Crippen LogP contribution in [0.5, 0.6) is 0 Å². The zero-order valence-electron chi connectivity index (χ0n) is 10.3. The quantitative estimate of drug-likeness (QED) is 0.563. The maximum atomic E-state index is 12.1. The van der Waals surface area contributed by atoms with Gasteiger partial charge in [0.15, 0.2) is 0 Å². The zero-order valence-corrected chi connectivity index (χ0v) is 10.3. The molecule has 1 N–H and O–H groups in total. The summed E-state index contributed by atoms with van der Waals surface area (Å²) in [5.74, 6) is 2.86. The highest BCUT2D eigenvalue weighted by Crippen LogP contribution is 2.13. The standard InChI is InChI=1S/C13H22N2O/c1-4-5-6-9-15-10-7-8-12(13(15)16)14-11(2)3/h1,11-12,14H,5-10H2,2-3H3. The van der Waals surface area contributed by atoms with E-state index in [-0.39, 0.29) is 11.9 Å². The summed E-state index contributed by atoms with van der Waals surface area (Å²) >= 11 is 0. The Morgan fingerprint density at radius 2 is 2.38 bits per heavy atom. The molecular weight excluding hydrogens is 200 g/mol. The van der Waals surface area contributed by atoms with Crippen molar-refractivity contribution in [1.29, 1.82) is 0 Å². The van der Waals surface area contributed by atoms with Crippen LogP contribution in [0.25, 0.3) is 0 Å². The Hall–Kier alpha value is -1.01. The van der Waals surface area contributed by atoms with Crippen LogP contribution < -0.4 is 5.32 Å². The highest BCUT2D eigenvalue weighted by atomic mass is 16.2. The van der Waals surface area contributed by atoms with Gasteiger partial charge in [0.1, 0.15) is 0 Å². The minimum atomic E-state index is 0.0135. The summed E-state index contributed by atoms with van der Waals surface area (Å²) in [6.07, 6.45) is 8.93. The third kappa shape index (κ3) is 3.86. The van der Waals surface area contributed by atoms with Crippen molar-refractivity contribution in [3.63, 3.8) is 0 Å².